The molecule has 0 saturated carbocycles. The molecular weight excluding hydrogens is 463 g/mol. The summed E-state index contributed by atoms with van der Waals surface area (Å²) >= 11 is 13.6. The zero-order valence-electron chi connectivity index (χ0n) is 17.9. The highest BCUT2D eigenvalue weighted by Gasteiger charge is 2.36. The standard InChI is InChI=1S/C25H22Cl2N2O2S/c1-4-16(3)29-24(30)23(32-25(29)28-18-8-5-15(2)6-9-18)14-19-10-12-22(31-19)20-11-7-17(26)13-21(20)27/h5-14,16H,4H2,1-3H3/b23-14+,28-25?/t16-/m0/s1. The number of carbonyl (C=O) groups is 1. The summed E-state index contributed by atoms with van der Waals surface area (Å²) in [6, 6.07) is 16.9. The van der Waals surface area contributed by atoms with Crippen molar-refractivity contribution in [2.24, 2.45) is 4.99 Å². The summed E-state index contributed by atoms with van der Waals surface area (Å²) in [7, 11) is 0. The Balaban J connectivity index is 1.65. The van der Waals surface area contributed by atoms with Crippen LogP contribution in [0.15, 0.2) is 68.9 Å². The van der Waals surface area contributed by atoms with Crippen LogP contribution in [0.5, 0.6) is 0 Å². The van der Waals surface area contributed by atoms with Crippen LogP contribution in [0.1, 0.15) is 31.6 Å². The fraction of sp³-hybridized carbons (Fsp3) is 0.200. The summed E-state index contributed by atoms with van der Waals surface area (Å²) in [6.07, 6.45) is 2.58. The molecule has 2 aromatic carbocycles. The van der Waals surface area contributed by atoms with Crippen molar-refractivity contribution in [3.8, 4) is 11.3 Å². The van der Waals surface area contributed by atoms with E-state index >= 15 is 0 Å². The molecule has 7 heteroatoms. The lowest BCUT2D eigenvalue weighted by Crippen LogP contribution is -2.36. The summed E-state index contributed by atoms with van der Waals surface area (Å²) in [5.74, 6) is 1.11. The number of halogens is 2. The number of nitrogens with zero attached hydrogens (tertiary/aromatic N) is 2. The molecule has 4 nitrogen and oxygen atoms in total. The molecule has 1 aromatic heterocycles. The van der Waals surface area contributed by atoms with Crippen LogP contribution >= 0.6 is 35.0 Å². The van der Waals surface area contributed by atoms with E-state index in [1.165, 1.54) is 11.8 Å². The van der Waals surface area contributed by atoms with Crippen molar-refractivity contribution < 1.29 is 9.21 Å². The third kappa shape index (κ3) is 4.80. The fourth-order valence-electron chi connectivity index (χ4n) is 3.26. The highest BCUT2D eigenvalue weighted by Crippen LogP contribution is 2.37. The van der Waals surface area contributed by atoms with Gasteiger partial charge in [0.1, 0.15) is 11.5 Å². The second-order valence-corrected chi connectivity index (χ2v) is 9.45. The van der Waals surface area contributed by atoms with Crippen LogP contribution < -0.4 is 0 Å². The van der Waals surface area contributed by atoms with Crippen LogP contribution in [0, 0.1) is 6.92 Å². The number of benzene rings is 2. The Morgan fingerprint density at radius 2 is 1.88 bits per heavy atom. The van der Waals surface area contributed by atoms with Gasteiger partial charge in [0, 0.05) is 22.7 Å². The monoisotopic (exact) mass is 484 g/mol. The molecule has 0 bridgehead atoms. The first kappa shape index (κ1) is 22.7. The Bertz CT molecular complexity index is 1210. The van der Waals surface area contributed by atoms with Gasteiger partial charge in [-0.25, -0.2) is 4.99 Å². The smallest absolute Gasteiger partial charge is 0.267 e. The SMILES string of the molecule is CC[C@H](C)N1C(=O)/C(=C\c2ccc(-c3ccc(Cl)cc3Cl)o2)SC1=Nc1ccc(C)cc1. The number of amidine groups is 1. The van der Waals surface area contributed by atoms with Crippen molar-refractivity contribution in [2.45, 2.75) is 33.2 Å². The first-order valence-electron chi connectivity index (χ1n) is 10.3. The number of rotatable bonds is 5. The Hall–Kier alpha value is -2.47. The van der Waals surface area contributed by atoms with Crippen LogP contribution in [0.3, 0.4) is 0 Å². The van der Waals surface area contributed by atoms with Gasteiger partial charge in [-0.1, -0.05) is 47.8 Å². The number of thioether (sulfide) groups is 1. The molecule has 164 valence electrons. The maximum atomic E-state index is 13.2. The zero-order chi connectivity index (χ0) is 22.8. The Labute approximate surface area is 201 Å². The average Bonchev–Trinajstić information content (AvgIpc) is 3.34. The molecule has 1 aliphatic rings. The zero-order valence-corrected chi connectivity index (χ0v) is 20.3. The number of aliphatic imine (C=N–C) groups is 1. The highest BCUT2D eigenvalue weighted by molar-refractivity contribution is 8.18. The van der Waals surface area contributed by atoms with Gasteiger partial charge in [-0.05, 0) is 74.5 Å². The molecule has 1 atom stereocenters. The minimum Gasteiger partial charge on any atom is -0.457 e. The molecule has 1 aliphatic heterocycles. The first-order valence-corrected chi connectivity index (χ1v) is 11.9. The second-order valence-electron chi connectivity index (χ2n) is 7.60. The number of amides is 1. The number of hydrogen-bond donors (Lipinski definition) is 0. The largest absolute Gasteiger partial charge is 0.457 e. The molecule has 0 spiro atoms. The molecule has 1 saturated heterocycles. The van der Waals surface area contributed by atoms with E-state index < -0.39 is 0 Å². The Morgan fingerprint density at radius 3 is 2.56 bits per heavy atom. The van der Waals surface area contributed by atoms with Gasteiger partial charge in [0.2, 0.25) is 0 Å². The lowest BCUT2D eigenvalue weighted by Gasteiger charge is -2.22. The van der Waals surface area contributed by atoms with E-state index in [9.17, 15) is 4.79 Å². The third-order valence-corrected chi connectivity index (χ3v) is 6.75. The van der Waals surface area contributed by atoms with Gasteiger partial charge in [-0.15, -0.1) is 0 Å². The first-order chi connectivity index (χ1) is 15.4. The summed E-state index contributed by atoms with van der Waals surface area (Å²) in [4.78, 5) is 20.3. The molecule has 1 amide bonds. The van der Waals surface area contributed by atoms with Crippen molar-refractivity contribution in [3.05, 3.63) is 80.9 Å². The Morgan fingerprint density at radius 1 is 1.12 bits per heavy atom. The molecule has 0 aliphatic carbocycles. The van der Waals surface area contributed by atoms with Crippen LogP contribution in [-0.2, 0) is 4.79 Å². The van der Waals surface area contributed by atoms with Crippen molar-refractivity contribution in [3.63, 3.8) is 0 Å². The number of carbonyl (C=O) groups excluding carboxylic acids is 1. The summed E-state index contributed by atoms with van der Waals surface area (Å²) < 4.78 is 5.96. The van der Waals surface area contributed by atoms with Crippen LogP contribution in [-0.4, -0.2) is 22.0 Å². The summed E-state index contributed by atoms with van der Waals surface area (Å²) in [6.45, 7) is 6.12. The lowest BCUT2D eigenvalue weighted by molar-refractivity contribution is -0.123. The van der Waals surface area contributed by atoms with E-state index in [0.29, 0.717) is 31.6 Å². The maximum Gasteiger partial charge on any atom is 0.267 e. The van der Waals surface area contributed by atoms with E-state index in [1.54, 1.807) is 23.1 Å². The van der Waals surface area contributed by atoms with Gasteiger partial charge < -0.3 is 4.42 Å². The van der Waals surface area contributed by atoms with Crippen LogP contribution in [0.4, 0.5) is 5.69 Å². The second kappa shape index (κ2) is 9.57. The molecule has 0 N–H and O–H groups in total. The van der Waals surface area contributed by atoms with Crippen molar-refractivity contribution >= 4 is 57.8 Å². The quantitative estimate of drug-likeness (QED) is 0.345. The van der Waals surface area contributed by atoms with E-state index in [4.69, 9.17) is 32.6 Å². The van der Waals surface area contributed by atoms with Crippen molar-refractivity contribution in [1.29, 1.82) is 0 Å². The van der Waals surface area contributed by atoms with Crippen molar-refractivity contribution in [1.82, 2.24) is 4.90 Å². The molecular formula is C25H22Cl2N2O2S. The normalized spacial score (nSPS) is 17.5. The molecule has 32 heavy (non-hydrogen) atoms. The average molecular weight is 485 g/mol. The van der Waals surface area contributed by atoms with Gasteiger partial charge in [0.25, 0.3) is 5.91 Å². The summed E-state index contributed by atoms with van der Waals surface area (Å²) in [5, 5.41) is 1.74. The van der Waals surface area contributed by atoms with Gasteiger partial charge in [-0.3, -0.25) is 9.69 Å². The molecule has 0 unspecified atom stereocenters. The van der Waals surface area contributed by atoms with Gasteiger partial charge >= 0.3 is 0 Å². The van der Waals surface area contributed by atoms with E-state index in [-0.39, 0.29) is 11.9 Å². The van der Waals surface area contributed by atoms with Gasteiger partial charge in [0.05, 0.1) is 15.6 Å². The number of hydrogen-bond acceptors (Lipinski definition) is 4. The van der Waals surface area contributed by atoms with Crippen LogP contribution in [0.2, 0.25) is 10.0 Å². The molecule has 4 rings (SSSR count). The fourth-order valence-corrected chi connectivity index (χ4v) is 4.83. The van der Waals surface area contributed by atoms with Gasteiger partial charge in [0.15, 0.2) is 5.17 Å². The minimum atomic E-state index is -0.0716. The number of aryl methyl sites for hydroxylation is 1. The van der Waals surface area contributed by atoms with Crippen LogP contribution in [0.25, 0.3) is 17.4 Å². The van der Waals surface area contributed by atoms with E-state index in [2.05, 4.69) is 6.92 Å². The molecule has 0 radical (unpaired) electrons. The molecule has 3 aromatic rings. The van der Waals surface area contributed by atoms with Crippen molar-refractivity contribution in [2.75, 3.05) is 0 Å². The predicted octanol–water partition coefficient (Wildman–Crippen LogP) is 7.96. The lowest BCUT2D eigenvalue weighted by atomic mass is 10.2. The number of furan rings is 1. The predicted molar refractivity (Wildman–Crippen MR) is 135 cm³/mol. The maximum absolute atomic E-state index is 13.2. The highest BCUT2D eigenvalue weighted by atomic mass is 35.5. The Kier molecular flexibility index (Phi) is 6.79. The van der Waals surface area contributed by atoms with Gasteiger partial charge in [-0.2, -0.15) is 0 Å². The molecule has 2 heterocycles. The summed E-state index contributed by atoms with van der Waals surface area (Å²) in [5.41, 5.74) is 2.73. The van der Waals surface area contributed by atoms with E-state index in [0.717, 1.165) is 23.2 Å². The third-order valence-electron chi connectivity index (χ3n) is 5.22. The van der Waals surface area contributed by atoms with E-state index in [1.807, 2.05) is 56.3 Å². The molecule has 1 fully saturated rings. The minimum absolute atomic E-state index is 0.0325. The topological polar surface area (TPSA) is 45.8 Å².